The van der Waals surface area contributed by atoms with Crippen molar-refractivity contribution in [3.8, 4) is 0 Å². The average Bonchev–Trinajstić information content (AvgIpc) is 2.03. The third-order valence-electron chi connectivity index (χ3n) is 1.84. The van der Waals surface area contributed by atoms with Crippen molar-refractivity contribution < 1.29 is 13.4 Å². The molecule has 0 radical (unpaired) electrons. The summed E-state index contributed by atoms with van der Waals surface area (Å²) in [5.74, 6) is 0. The molecule has 0 saturated heterocycles. The second-order valence-electron chi connectivity index (χ2n) is 2.72. The summed E-state index contributed by atoms with van der Waals surface area (Å²) >= 11 is 3.83. The van der Waals surface area contributed by atoms with Crippen LogP contribution in [0.25, 0.3) is 0 Å². The number of hydrogen-bond donors (Lipinski definition) is 1. The third kappa shape index (κ3) is 5.27. The Balaban J connectivity index is 3.65. The predicted octanol–water partition coefficient (Wildman–Crippen LogP) is 2.41. The van der Waals surface area contributed by atoms with Crippen LogP contribution in [0.5, 0.6) is 0 Å². The maximum absolute atomic E-state index is 10.7. The van der Waals surface area contributed by atoms with Gasteiger partial charge in [0.2, 0.25) is 0 Å². The van der Waals surface area contributed by atoms with E-state index in [1.807, 2.05) is 6.55 Å². The molecule has 0 bridgehead atoms. The molecule has 0 aromatic heterocycles. The van der Waals surface area contributed by atoms with Crippen LogP contribution in [0, 0.1) is 0 Å². The second-order valence-corrected chi connectivity index (χ2v) is 8.80. The van der Waals surface area contributed by atoms with E-state index < -0.39 is 15.6 Å². The number of thiol groups is 1. The topological polar surface area (TPSA) is 35.5 Å². The van der Waals surface area contributed by atoms with E-state index in [1.54, 1.807) is 14.2 Å². The zero-order valence-electron chi connectivity index (χ0n) is 7.74. The van der Waals surface area contributed by atoms with E-state index in [4.69, 9.17) is 8.85 Å². The highest BCUT2D eigenvalue weighted by Gasteiger charge is 2.29. The summed E-state index contributed by atoms with van der Waals surface area (Å²) in [6.45, 7) is 2.00. The molecule has 0 aromatic rings. The van der Waals surface area contributed by atoms with Crippen LogP contribution >= 0.6 is 19.3 Å². The summed E-state index contributed by atoms with van der Waals surface area (Å²) in [7, 11) is 0.0916. The summed E-state index contributed by atoms with van der Waals surface area (Å²) in [4.78, 5) is 0. The summed E-state index contributed by atoms with van der Waals surface area (Å²) < 4.78 is 21.2. The van der Waals surface area contributed by atoms with Crippen LogP contribution in [0.3, 0.4) is 0 Å². The van der Waals surface area contributed by atoms with Gasteiger partial charge in [-0.2, -0.15) is 0 Å². The lowest BCUT2D eigenvalue weighted by Crippen LogP contribution is -2.35. The molecule has 0 aliphatic heterocycles. The van der Waals surface area contributed by atoms with Gasteiger partial charge < -0.3 is 8.85 Å². The third-order valence-corrected chi connectivity index (χ3v) is 6.13. The van der Waals surface area contributed by atoms with Crippen LogP contribution in [0.2, 0.25) is 12.6 Å². The van der Waals surface area contributed by atoms with E-state index in [0.717, 1.165) is 12.5 Å². The standard InChI is InChI=1S/C6H15O3PSSi/c1-8-12(3,9-2)6-4-5-10(7)11/h4-6H2,1-3H3/p+1. The highest BCUT2D eigenvalue weighted by molar-refractivity contribution is 8.40. The normalized spacial score (nSPS) is 13.2. The van der Waals surface area contributed by atoms with Gasteiger partial charge >= 0.3 is 15.6 Å². The fourth-order valence-electron chi connectivity index (χ4n) is 0.823. The molecule has 0 aliphatic carbocycles. The van der Waals surface area contributed by atoms with Crippen molar-refractivity contribution in [2.45, 2.75) is 19.0 Å². The van der Waals surface area contributed by atoms with Gasteiger partial charge in [-0.05, 0) is 19.0 Å². The molecular formula is C6H16O3PSSi+. The molecular weight excluding hydrogens is 211 g/mol. The van der Waals surface area contributed by atoms with E-state index in [2.05, 4.69) is 12.2 Å². The van der Waals surface area contributed by atoms with Crippen molar-refractivity contribution >= 4 is 27.8 Å². The number of rotatable bonds is 6. The van der Waals surface area contributed by atoms with Crippen LogP contribution < -0.4 is 0 Å². The van der Waals surface area contributed by atoms with E-state index >= 15 is 0 Å². The smallest absolute Gasteiger partial charge is 0.398 e. The molecule has 0 spiro atoms. The van der Waals surface area contributed by atoms with Crippen LogP contribution in [0.15, 0.2) is 0 Å². The van der Waals surface area contributed by atoms with Crippen molar-refractivity contribution in [3.05, 3.63) is 0 Å². The molecule has 12 heavy (non-hydrogen) atoms. The van der Waals surface area contributed by atoms with E-state index in [1.165, 1.54) is 0 Å². The zero-order valence-corrected chi connectivity index (χ0v) is 10.5. The minimum Gasteiger partial charge on any atom is -0.398 e. The Kier molecular flexibility index (Phi) is 6.40. The molecule has 0 aromatic carbocycles. The summed E-state index contributed by atoms with van der Waals surface area (Å²) in [5.41, 5.74) is 0. The summed E-state index contributed by atoms with van der Waals surface area (Å²) in [6.07, 6.45) is 1.51. The van der Waals surface area contributed by atoms with Crippen LogP contribution in [-0.4, -0.2) is 28.9 Å². The molecule has 1 unspecified atom stereocenters. The Hall–Kier alpha value is 0.587. The van der Waals surface area contributed by atoms with Crippen molar-refractivity contribution in [2.75, 3.05) is 20.4 Å². The van der Waals surface area contributed by atoms with Gasteiger partial charge in [0, 0.05) is 14.2 Å². The molecule has 0 aliphatic rings. The molecule has 0 fully saturated rings. The first-order chi connectivity index (χ1) is 5.54. The minimum absolute atomic E-state index is 0.647. The van der Waals surface area contributed by atoms with Gasteiger partial charge in [0.05, 0.1) is 0 Å². The fourth-order valence-corrected chi connectivity index (χ4v) is 3.37. The van der Waals surface area contributed by atoms with Gasteiger partial charge in [0.15, 0.2) is 6.16 Å². The lowest BCUT2D eigenvalue weighted by Gasteiger charge is -2.21. The van der Waals surface area contributed by atoms with Crippen LogP contribution in [0.4, 0.5) is 0 Å². The van der Waals surface area contributed by atoms with Crippen molar-refractivity contribution in [1.29, 1.82) is 0 Å². The first-order valence-corrected chi connectivity index (χ1v) is 8.90. The van der Waals surface area contributed by atoms with E-state index in [0.29, 0.717) is 6.16 Å². The summed E-state index contributed by atoms with van der Waals surface area (Å²) in [5, 5.41) is 0. The largest absolute Gasteiger partial charge is 0.407 e. The Morgan fingerprint density at radius 1 is 1.42 bits per heavy atom. The quantitative estimate of drug-likeness (QED) is 0.430. The zero-order chi connectivity index (χ0) is 9.61. The van der Waals surface area contributed by atoms with E-state index in [9.17, 15) is 4.57 Å². The van der Waals surface area contributed by atoms with Crippen molar-refractivity contribution in [2.24, 2.45) is 0 Å². The van der Waals surface area contributed by atoms with Gasteiger partial charge in [-0.15, -0.1) is 0 Å². The molecule has 0 N–H and O–H groups in total. The van der Waals surface area contributed by atoms with Crippen LogP contribution in [-0.2, 0) is 13.4 Å². The highest BCUT2D eigenvalue weighted by Crippen LogP contribution is 2.28. The second kappa shape index (κ2) is 6.10. The number of hydrogen-bond acceptors (Lipinski definition) is 3. The Labute approximate surface area is 81.0 Å². The van der Waals surface area contributed by atoms with Gasteiger partial charge in [0.1, 0.15) is 12.2 Å². The molecule has 72 valence electrons. The molecule has 0 heterocycles. The maximum atomic E-state index is 10.7. The van der Waals surface area contributed by atoms with Gasteiger partial charge in [-0.3, -0.25) is 0 Å². The Morgan fingerprint density at radius 3 is 2.25 bits per heavy atom. The summed E-state index contributed by atoms with van der Waals surface area (Å²) in [6, 6.07) is 0.877. The average molecular weight is 227 g/mol. The van der Waals surface area contributed by atoms with Crippen molar-refractivity contribution in [1.82, 2.24) is 0 Å². The van der Waals surface area contributed by atoms with E-state index in [-0.39, 0.29) is 0 Å². The molecule has 0 amide bonds. The van der Waals surface area contributed by atoms with Gasteiger partial charge in [-0.1, -0.05) is 4.57 Å². The van der Waals surface area contributed by atoms with Crippen LogP contribution in [0.1, 0.15) is 6.42 Å². The first-order valence-electron chi connectivity index (χ1n) is 3.78. The van der Waals surface area contributed by atoms with Crippen molar-refractivity contribution in [3.63, 3.8) is 0 Å². The SMILES string of the molecule is CO[Si](C)(CCC[P+](=O)S)OC. The molecule has 0 rings (SSSR count). The molecule has 6 heteroatoms. The van der Waals surface area contributed by atoms with Gasteiger partial charge in [0.25, 0.3) is 0 Å². The predicted molar refractivity (Wildman–Crippen MR) is 56.5 cm³/mol. The molecule has 3 nitrogen and oxygen atoms in total. The minimum atomic E-state index is -1.93. The Morgan fingerprint density at radius 2 is 1.92 bits per heavy atom. The maximum Gasteiger partial charge on any atom is 0.407 e. The highest BCUT2D eigenvalue weighted by atomic mass is 32.7. The molecule has 0 saturated carbocycles. The lowest BCUT2D eigenvalue weighted by molar-refractivity contribution is 0.249. The fraction of sp³-hybridized carbons (Fsp3) is 1.00. The Bertz CT molecular complexity index is 152. The first kappa shape index (κ1) is 12.6. The lowest BCUT2D eigenvalue weighted by atomic mass is 10.6. The van der Waals surface area contributed by atoms with Gasteiger partial charge in [-0.25, -0.2) is 0 Å². The molecule has 1 atom stereocenters. The monoisotopic (exact) mass is 227 g/mol.